The summed E-state index contributed by atoms with van der Waals surface area (Å²) in [4.78, 5) is 12.7. The highest BCUT2D eigenvalue weighted by molar-refractivity contribution is 6.83. The van der Waals surface area contributed by atoms with Gasteiger partial charge in [-0.2, -0.15) is 0 Å². The molecule has 142 valence electrons. The Morgan fingerprint density at radius 1 is 1.04 bits per heavy atom. The summed E-state index contributed by atoms with van der Waals surface area (Å²) in [6.07, 6.45) is 6.64. The van der Waals surface area contributed by atoms with Gasteiger partial charge in [-0.3, -0.25) is 4.79 Å². The van der Waals surface area contributed by atoms with Gasteiger partial charge in [-0.25, -0.2) is 0 Å². The van der Waals surface area contributed by atoms with Crippen LogP contribution in [-0.4, -0.2) is 14.0 Å². The molecule has 2 aromatic carbocycles. The second-order valence-corrected chi connectivity index (χ2v) is 12.9. The average Bonchev–Trinajstić information content (AvgIpc) is 2.69. The minimum atomic E-state index is -1.35. The maximum Gasteiger partial charge on any atom is 0.243 e. The quantitative estimate of drug-likeness (QED) is 0.504. The van der Waals surface area contributed by atoms with E-state index in [2.05, 4.69) is 60.9 Å². The number of aryl methyl sites for hydroxylation is 1. The van der Waals surface area contributed by atoms with Crippen molar-refractivity contribution in [2.24, 2.45) is 0 Å². The lowest BCUT2D eigenvalue weighted by atomic mass is 9.98. The van der Waals surface area contributed by atoms with Crippen molar-refractivity contribution in [1.29, 1.82) is 0 Å². The molecule has 1 aliphatic heterocycles. The summed E-state index contributed by atoms with van der Waals surface area (Å²) in [6.45, 7) is 4.51. The van der Waals surface area contributed by atoms with E-state index in [1.165, 1.54) is 42.5 Å². The van der Waals surface area contributed by atoms with Crippen LogP contribution in [0.1, 0.15) is 42.0 Å². The monoisotopic (exact) mass is 377 g/mol. The molecule has 0 saturated carbocycles. The van der Waals surface area contributed by atoms with Crippen molar-refractivity contribution in [2.75, 3.05) is 0 Å². The van der Waals surface area contributed by atoms with Crippen molar-refractivity contribution in [2.45, 2.75) is 57.3 Å². The third-order valence-corrected chi connectivity index (χ3v) is 9.67. The fraction of sp³-hybridized carbons (Fsp3) is 0.375. The van der Waals surface area contributed by atoms with Gasteiger partial charge < -0.3 is 5.32 Å². The van der Waals surface area contributed by atoms with Crippen LogP contribution in [0, 0.1) is 6.92 Å². The Morgan fingerprint density at radius 3 is 2.37 bits per heavy atom. The molecule has 1 heterocycles. The fourth-order valence-electron chi connectivity index (χ4n) is 3.92. The normalized spacial score (nSPS) is 17.6. The average molecular weight is 378 g/mol. The van der Waals surface area contributed by atoms with Crippen LogP contribution in [0.3, 0.4) is 0 Å². The van der Waals surface area contributed by atoms with Gasteiger partial charge >= 0.3 is 0 Å². The Kier molecular flexibility index (Phi) is 6.67. The number of hydrogen-bond donors (Lipinski definition) is 1. The van der Waals surface area contributed by atoms with E-state index in [4.69, 9.17) is 0 Å². The Bertz CT molecular complexity index is 761. The summed E-state index contributed by atoms with van der Waals surface area (Å²) < 4.78 is 0. The smallest absolute Gasteiger partial charge is 0.243 e. The van der Waals surface area contributed by atoms with Crippen LogP contribution in [0.4, 0.5) is 0 Å². The predicted molar refractivity (Wildman–Crippen MR) is 116 cm³/mol. The number of benzene rings is 2. The van der Waals surface area contributed by atoms with Gasteiger partial charge in [0, 0.05) is 0 Å². The van der Waals surface area contributed by atoms with E-state index < -0.39 is 8.07 Å². The molecule has 1 unspecified atom stereocenters. The zero-order valence-corrected chi connectivity index (χ0v) is 17.6. The van der Waals surface area contributed by atoms with Crippen LogP contribution in [0.25, 0.3) is 0 Å². The van der Waals surface area contributed by atoms with Gasteiger partial charge in [0.05, 0.1) is 14.1 Å². The summed E-state index contributed by atoms with van der Waals surface area (Å²) in [6, 6.07) is 21.5. The zero-order valence-electron chi connectivity index (χ0n) is 16.6. The minimum Gasteiger partial charge on any atom is -0.345 e. The zero-order chi connectivity index (χ0) is 19.1. The van der Waals surface area contributed by atoms with Gasteiger partial charge in [-0.1, -0.05) is 104 Å². The van der Waals surface area contributed by atoms with Crippen molar-refractivity contribution in [3.05, 3.63) is 83.1 Å². The third kappa shape index (κ3) is 5.93. The van der Waals surface area contributed by atoms with Crippen molar-refractivity contribution in [3.63, 3.8) is 0 Å². The number of carbonyl (C=O) groups is 1. The van der Waals surface area contributed by atoms with Gasteiger partial charge in [0.15, 0.2) is 0 Å². The molecule has 1 atom stereocenters. The second kappa shape index (κ2) is 9.18. The molecule has 0 spiro atoms. The number of rotatable bonds is 6. The number of nitrogens with one attached hydrogen (secondary N) is 1. The topological polar surface area (TPSA) is 29.1 Å². The Balaban J connectivity index is 1.70. The molecule has 1 saturated heterocycles. The highest BCUT2D eigenvalue weighted by Crippen LogP contribution is 2.29. The van der Waals surface area contributed by atoms with E-state index in [0.29, 0.717) is 0 Å². The van der Waals surface area contributed by atoms with Gasteiger partial charge in [0.1, 0.15) is 0 Å². The molecule has 3 rings (SSSR count). The Morgan fingerprint density at radius 2 is 1.70 bits per heavy atom. The highest BCUT2D eigenvalue weighted by atomic mass is 28.3. The lowest BCUT2D eigenvalue weighted by Crippen LogP contribution is -2.32. The molecule has 0 bridgehead atoms. The largest absolute Gasteiger partial charge is 0.345 e. The van der Waals surface area contributed by atoms with E-state index in [0.717, 1.165) is 12.0 Å². The molecule has 1 N–H and O–H groups in total. The minimum absolute atomic E-state index is 0.00751. The van der Waals surface area contributed by atoms with E-state index >= 15 is 0 Å². The molecule has 2 aromatic rings. The molecule has 1 aliphatic rings. The number of hydrogen-bond acceptors (Lipinski definition) is 1. The third-order valence-electron chi connectivity index (χ3n) is 5.71. The van der Waals surface area contributed by atoms with Crippen LogP contribution >= 0.6 is 0 Å². The van der Waals surface area contributed by atoms with Gasteiger partial charge in [-0.15, -0.1) is 0 Å². The molecule has 1 fully saturated rings. The van der Waals surface area contributed by atoms with Crippen molar-refractivity contribution in [1.82, 2.24) is 5.32 Å². The summed E-state index contributed by atoms with van der Waals surface area (Å²) in [5.74, 6) is 0.0373. The Labute approximate surface area is 164 Å². The number of carbonyl (C=O) groups excluding carboxylic acids is 1. The van der Waals surface area contributed by atoms with Gasteiger partial charge in [0.2, 0.25) is 5.91 Å². The molecular formula is C24H31NOSi. The van der Waals surface area contributed by atoms with E-state index in [1.54, 1.807) is 0 Å². The molecule has 0 aromatic heterocycles. The van der Waals surface area contributed by atoms with E-state index in [1.807, 2.05) is 24.3 Å². The predicted octanol–water partition coefficient (Wildman–Crippen LogP) is 5.75. The molecule has 0 radical (unpaired) electrons. The van der Waals surface area contributed by atoms with Gasteiger partial charge in [-0.05, 0) is 30.5 Å². The SMILES string of the molecule is Cc1ccc(CC(NC(=O)C=C[Si]2(C)CCCCC2)c2ccccc2)cc1. The van der Waals surface area contributed by atoms with Crippen LogP contribution in [0.2, 0.25) is 18.6 Å². The van der Waals surface area contributed by atoms with Crippen molar-refractivity contribution in [3.8, 4) is 0 Å². The van der Waals surface area contributed by atoms with E-state index in [9.17, 15) is 4.79 Å². The summed E-state index contributed by atoms with van der Waals surface area (Å²) in [7, 11) is -1.35. The molecular weight excluding hydrogens is 346 g/mol. The first kappa shape index (κ1) is 19.6. The first-order valence-electron chi connectivity index (χ1n) is 10.1. The Hall–Kier alpha value is -2.13. The lowest BCUT2D eigenvalue weighted by molar-refractivity contribution is -0.117. The summed E-state index contributed by atoms with van der Waals surface area (Å²) >= 11 is 0. The second-order valence-electron chi connectivity index (χ2n) is 8.21. The standard InChI is InChI=1S/C24H31NOSi/c1-20-11-13-21(14-12-20)19-23(22-9-5-3-6-10-22)25-24(26)15-18-27(2)16-7-4-8-17-27/h3,5-6,9-15,18,23H,4,7-8,16-17,19H2,1-2H3,(H,25,26). The number of amides is 1. The van der Waals surface area contributed by atoms with Crippen LogP contribution in [0.15, 0.2) is 66.4 Å². The molecule has 27 heavy (non-hydrogen) atoms. The first-order chi connectivity index (χ1) is 13.0. The molecule has 0 aliphatic carbocycles. The fourth-order valence-corrected chi connectivity index (χ4v) is 7.17. The van der Waals surface area contributed by atoms with Crippen molar-refractivity contribution >= 4 is 14.0 Å². The van der Waals surface area contributed by atoms with Crippen LogP contribution in [0.5, 0.6) is 0 Å². The molecule has 3 heteroatoms. The maximum atomic E-state index is 12.7. The first-order valence-corrected chi connectivity index (χ1v) is 13.1. The highest BCUT2D eigenvalue weighted by Gasteiger charge is 2.26. The summed E-state index contributed by atoms with van der Waals surface area (Å²) in [5.41, 5.74) is 5.93. The summed E-state index contributed by atoms with van der Waals surface area (Å²) in [5, 5.41) is 3.25. The van der Waals surface area contributed by atoms with Gasteiger partial charge in [0.25, 0.3) is 0 Å². The lowest BCUT2D eigenvalue weighted by Gasteiger charge is -2.28. The van der Waals surface area contributed by atoms with Crippen molar-refractivity contribution < 1.29 is 4.79 Å². The molecule has 1 amide bonds. The maximum absolute atomic E-state index is 12.7. The van der Waals surface area contributed by atoms with E-state index in [-0.39, 0.29) is 11.9 Å². The molecule has 2 nitrogen and oxygen atoms in total. The van der Waals surface area contributed by atoms with Crippen LogP contribution in [-0.2, 0) is 11.2 Å². The van der Waals surface area contributed by atoms with Crippen LogP contribution < -0.4 is 5.32 Å².